The quantitative estimate of drug-likeness (QED) is 0.423. The first kappa shape index (κ1) is 19.5. The lowest BCUT2D eigenvalue weighted by molar-refractivity contribution is 0.0722. The minimum atomic E-state index is -0.472. The molecule has 3 aromatic carbocycles. The van der Waals surface area contributed by atoms with Gasteiger partial charge in [-0.15, -0.1) is 0 Å². The fourth-order valence-corrected chi connectivity index (χ4v) is 3.23. The van der Waals surface area contributed by atoms with Crippen LogP contribution in [-0.4, -0.2) is 22.9 Å². The number of ether oxygens (including phenoxy) is 2. The van der Waals surface area contributed by atoms with Crippen molar-refractivity contribution in [3.63, 3.8) is 0 Å². The largest absolute Gasteiger partial charge is 0.497 e. The average molecular weight is 398 g/mol. The minimum absolute atomic E-state index is 0.357. The van der Waals surface area contributed by atoms with Gasteiger partial charge in [0.25, 0.3) is 0 Å². The molecule has 4 aromatic rings. The Hall–Kier alpha value is -3.86. The van der Waals surface area contributed by atoms with Crippen molar-refractivity contribution in [2.24, 2.45) is 0 Å². The highest BCUT2D eigenvalue weighted by Crippen LogP contribution is 2.29. The highest BCUT2D eigenvalue weighted by atomic mass is 16.5. The normalized spacial score (nSPS) is 10.6. The predicted molar refractivity (Wildman–Crippen MR) is 116 cm³/mol. The van der Waals surface area contributed by atoms with Crippen LogP contribution >= 0.6 is 0 Å². The van der Waals surface area contributed by atoms with Crippen LogP contribution in [-0.2, 0) is 0 Å². The number of esters is 1. The summed E-state index contributed by atoms with van der Waals surface area (Å²) >= 11 is 0. The van der Waals surface area contributed by atoms with Crippen LogP contribution in [0.1, 0.15) is 21.5 Å². The number of carbonyl (C=O) groups is 1. The second-order valence-corrected chi connectivity index (χ2v) is 6.99. The molecule has 0 saturated carbocycles. The van der Waals surface area contributed by atoms with Crippen molar-refractivity contribution in [1.29, 1.82) is 0 Å². The van der Waals surface area contributed by atoms with Crippen LogP contribution in [0.25, 0.3) is 16.9 Å². The molecule has 150 valence electrons. The Morgan fingerprint density at radius 3 is 2.43 bits per heavy atom. The maximum Gasteiger partial charge on any atom is 0.344 e. The zero-order valence-electron chi connectivity index (χ0n) is 17.1. The number of carbonyl (C=O) groups excluding carboxylic acids is 1. The van der Waals surface area contributed by atoms with Gasteiger partial charge in [0.15, 0.2) is 0 Å². The monoisotopic (exact) mass is 398 g/mol. The molecule has 0 aliphatic carbocycles. The smallest absolute Gasteiger partial charge is 0.344 e. The molecule has 0 amide bonds. The number of methoxy groups -OCH3 is 1. The summed E-state index contributed by atoms with van der Waals surface area (Å²) < 4.78 is 12.7. The molecule has 0 radical (unpaired) electrons. The van der Waals surface area contributed by atoms with E-state index in [2.05, 4.69) is 0 Å². The Balaban J connectivity index is 1.78. The first-order valence-corrected chi connectivity index (χ1v) is 9.65. The van der Waals surface area contributed by atoms with Crippen molar-refractivity contribution in [1.82, 2.24) is 9.78 Å². The van der Waals surface area contributed by atoms with E-state index in [9.17, 15) is 4.79 Å². The van der Waals surface area contributed by atoms with E-state index < -0.39 is 5.97 Å². The molecule has 0 unspecified atom stereocenters. The van der Waals surface area contributed by atoms with Crippen LogP contribution < -0.4 is 9.47 Å². The van der Waals surface area contributed by atoms with E-state index in [1.807, 2.05) is 62.4 Å². The topological polar surface area (TPSA) is 53.4 Å². The summed E-state index contributed by atoms with van der Waals surface area (Å²) in [7, 11) is 1.56. The van der Waals surface area contributed by atoms with Crippen molar-refractivity contribution in [3.05, 3.63) is 95.6 Å². The number of rotatable bonds is 5. The molecule has 0 N–H and O–H groups in total. The van der Waals surface area contributed by atoms with Crippen molar-refractivity contribution >= 4 is 5.97 Å². The molecule has 0 aliphatic rings. The third-order valence-electron chi connectivity index (χ3n) is 5.05. The van der Waals surface area contributed by atoms with Crippen molar-refractivity contribution < 1.29 is 14.3 Å². The molecular formula is C25H22N2O3. The van der Waals surface area contributed by atoms with Crippen LogP contribution in [0.5, 0.6) is 11.6 Å². The first-order chi connectivity index (χ1) is 14.6. The van der Waals surface area contributed by atoms with E-state index in [0.717, 1.165) is 28.1 Å². The minimum Gasteiger partial charge on any atom is -0.497 e. The second kappa shape index (κ2) is 8.25. The fraction of sp³-hybridized carbons (Fsp3) is 0.120. The molecule has 5 nitrogen and oxygen atoms in total. The summed E-state index contributed by atoms with van der Waals surface area (Å²) in [5.41, 5.74) is 5.15. The molecule has 0 atom stereocenters. The lowest BCUT2D eigenvalue weighted by Gasteiger charge is -2.12. The molecule has 0 spiro atoms. The molecule has 4 rings (SSSR count). The summed E-state index contributed by atoms with van der Waals surface area (Å²) in [4.78, 5) is 12.8. The second-order valence-electron chi connectivity index (χ2n) is 6.99. The third-order valence-corrected chi connectivity index (χ3v) is 5.05. The summed E-state index contributed by atoms with van der Waals surface area (Å²) in [5, 5.41) is 4.75. The molecule has 1 aromatic heterocycles. The number of benzene rings is 3. The van der Waals surface area contributed by atoms with Gasteiger partial charge in [-0.2, -0.15) is 9.78 Å². The van der Waals surface area contributed by atoms with Crippen LogP contribution in [0.4, 0.5) is 0 Å². The number of nitrogens with zero attached hydrogens (tertiary/aromatic N) is 2. The number of aryl methyl sites for hydroxylation is 1. The zero-order chi connectivity index (χ0) is 21.1. The molecule has 1 heterocycles. The van der Waals surface area contributed by atoms with Gasteiger partial charge in [0.05, 0.1) is 24.1 Å². The van der Waals surface area contributed by atoms with Crippen LogP contribution in [0.2, 0.25) is 0 Å². The van der Waals surface area contributed by atoms with Gasteiger partial charge >= 0.3 is 5.97 Å². The lowest BCUT2D eigenvalue weighted by Crippen LogP contribution is -2.12. The fourth-order valence-electron chi connectivity index (χ4n) is 3.23. The molecule has 5 heteroatoms. The Morgan fingerprint density at radius 1 is 0.900 bits per heavy atom. The summed E-state index contributed by atoms with van der Waals surface area (Å²) in [6.07, 6.45) is 0. The Bertz CT molecular complexity index is 1200. The standard InChI is InChI=1S/C25H22N2O3/c1-17-9-7-14-23(18(17)2)27-24(16-22(26-27)19-10-5-4-6-11-19)30-25(28)20-12-8-13-21(15-20)29-3/h4-16H,1-3H3. The van der Waals surface area contributed by atoms with Crippen molar-refractivity contribution in [3.8, 4) is 28.6 Å². The van der Waals surface area contributed by atoms with E-state index in [0.29, 0.717) is 17.2 Å². The first-order valence-electron chi connectivity index (χ1n) is 9.65. The van der Waals surface area contributed by atoms with Crippen molar-refractivity contribution in [2.45, 2.75) is 13.8 Å². The van der Waals surface area contributed by atoms with Gasteiger partial charge in [-0.25, -0.2) is 4.79 Å². The lowest BCUT2D eigenvalue weighted by atomic mass is 10.1. The Labute approximate surface area is 175 Å². The number of hydrogen-bond donors (Lipinski definition) is 0. The number of aromatic nitrogens is 2. The van der Waals surface area contributed by atoms with Crippen LogP contribution in [0, 0.1) is 13.8 Å². The average Bonchev–Trinajstić information content (AvgIpc) is 3.19. The maximum absolute atomic E-state index is 12.8. The highest BCUT2D eigenvalue weighted by Gasteiger charge is 2.18. The summed E-state index contributed by atoms with van der Waals surface area (Å²) in [6.45, 7) is 4.07. The molecule has 0 saturated heterocycles. The van der Waals surface area contributed by atoms with Gasteiger partial charge in [-0.1, -0.05) is 48.5 Å². The van der Waals surface area contributed by atoms with E-state index in [1.165, 1.54) is 0 Å². The molecule has 0 aliphatic heterocycles. The molecular weight excluding hydrogens is 376 g/mol. The van der Waals surface area contributed by atoms with Gasteiger partial charge in [-0.05, 0) is 49.2 Å². The van der Waals surface area contributed by atoms with E-state index in [-0.39, 0.29) is 0 Å². The van der Waals surface area contributed by atoms with Gasteiger partial charge < -0.3 is 9.47 Å². The molecule has 0 fully saturated rings. The Kier molecular flexibility index (Phi) is 5.35. The predicted octanol–water partition coefficient (Wildman–Crippen LogP) is 5.38. The van der Waals surface area contributed by atoms with Gasteiger partial charge in [-0.3, -0.25) is 0 Å². The van der Waals surface area contributed by atoms with Crippen LogP contribution in [0.15, 0.2) is 78.9 Å². The van der Waals surface area contributed by atoms with Gasteiger partial charge in [0.2, 0.25) is 5.88 Å². The Morgan fingerprint density at radius 2 is 1.67 bits per heavy atom. The SMILES string of the molecule is COc1cccc(C(=O)Oc2cc(-c3ccccc3)nn2-c2cccc(C)c2C)c1. The zero-order valence-corrected chi connectivity index (χ0v) is 17.1. The highest BCUT2D eigenvalue weighted by molar-refractivity contribution is 5.91. The van der Waals surface area contributed by atoms with Crippen molar-refractivity contribution in [2.75, 3.05) is 7.11 Å². The van der Waals surface area contributed by atoms with E-state index in [1.54, 1.807) is 42.1 Å². The maximum atomic E-state index is 12.8. The molecule has 30 heavy (non-hydrogen) atoms. The van der Waals surface area contributed by atoms with E-state index >= 15 is 0 Å². The summed E-state index contributed by atoms with van der Waals surface area (Å²) in [6, 6.07) is 24.5. The summed E-state index contributed by atoms with van der Waals surface area (Å²) in [5.74, 6) is 0.479. The van der Waals surface area contributed by atoms with Crippen LogP contribution in [0.3, 0.4) is 0 Å². The number of hydrogen-bond acceptors (Lipinski definition) is 4. The molecule has 0 bridgehead atoms. The van der Waals surface area contributed by atoms with Gasteiger partial charge in [0, 0.05) is 11.6 Å². The third kappa shape index (κ3) is 3.82. The van der Waals surface area contributed by atoms with Gasteiger partial charge in [0.1, 0.15) is 5.75 Å². The van der Waals surface area contributed by atoms with E-state index in [4.69, 9.17) is 14.6 Å².